The highest BCUT2D eigenvalue weighted by atomic mass is 35.5. The predicted molar refractivity (Wildman–Crippen MR) is 61.7 cm³/mol. The lowest BCUT2D eigenvalue weighted by Gasteiger charge is -2.01. The maximum atomic E-state index is 11.5. The van der Waals surface area contributed by atoms with E-state index in [1.165, 1.54) is 6.20 Å². The Hall–Kier alpha value is -1.82. The van der Waals surface area contributed by atoms with Crippen molar-refractivity contribution >= 4 is 23.3 Å². The molecule has 6 nitrogen and oxygen atoms in total. The van der Waals surface area contributed by atoms with Crippen LogP contribution in [-0.4, -0.2) is 20.8 Å². The van der Waals surface area contributed by atoms with E-state index in [4.69, 9.17) is 16.1 Å². The van der Waals surface area contributed by atoms with Gasteiger partial charge in [0.2, 0.25) is 5.91 Å². The molecule has 0 aromatic carbocycles. The van der Waals surface area contributed by atoms with Crippen molar-refractivity contribution in [3.63, 3.8) is 0 Å². The Balaban J connectivity index is 1.82. The van der Waals surface area contributed by atoms with E-state index < -0.39 is 0 Å². The third kappa shape index (κ3) is 3.32. The van der Waals surface area contributed by atoms with Crippen molar-refractivity contribution in [3.05, 3.63) is 29.2 Å². The van der Waals surface area contributed by atoms with Gasteiger partial charge in [-0.2, -0.15) is 5.10 Å². The monoisotopic (exact) mass is 254 g/mol. The largest absolute Gasteiger partial charge is 0.360 e. The molecule has 7 heteroatoms. The number of hydrogen-bond donors (Lipinski definition) is 1. The lowest BCUT2D eigenvalue weighted by atomic mass is 10.4. The zero-order chi connectivity index (χ0) is 12.3. The van der Waals surface area contributed by atoms with Crippen molar-refractivity contribution in [2.24, 2.45) is 0 Å². The molecular weight excluding hydrogens is 244 g/mol. The van der Waals surface area contributed by atoms with Crippen molar-refractivity contribution in [1.29, 1.82) is 0 Å². The van der Waals surface area contributed by atoms with Crippen LogP contribution in [-0.2, 0) is 11.3 Å². The summed E-state index contributed by atoms with van der Waals surface area (Å²) in [5.74, 6) is 0.926. The van der Waals surface area contributed by atoms with Gasteiger partial charge in [0.25, 0.3) is 0 Å². The van der Waals surface area contributed by atoms with Crippen LogP contribution in [0.1, 0.15) is 12.2 Å². The second-order valence-corrected chi connectivity index (χ2v) is 3.98. The van der Waals surface area contributed by atoms with E-state index in [0.29, 0.717) is 29.6 Å². The van der Waals surface area contributed by atoms with Crippen LogP contribution in [0.15, 0.2) is 23.0 Å². The van der Waals surface area contributed by atoms with Crippen molar-refractivity contribution in [1.82, 2.24) is 14.9 Å². The van der Waals surface area contributed by atoms with Gasteiger partial charge in [0.05, 0.1) is 11.2 Å². The molecule has 0 unspecified atom stereocenters. The number of nitrogens with one attached hydrogen (secondary N) is 1. The first-order chi connectivity index (χ1) is 8.13. The number of rotatable bonds is 4. The van der Waals surface area contributed by atoms with Crippen LogP contribution in [0.3, 0.4) is 0 Å². The molecule has 0 aliphatic carbocycles. The first kappa shape index (κ1) is 11.7. The second-order valence-electron chi connectivity index (χ2n) is 3.54. The van der Waals surface area contributed by atoms with Gasteiger partial charge in [-0.15, -0.1) is 0 Å². The molecule has 1 amide bonds. The smallest absolute Gasteiger partial charge is 0.227 e. The highest BCUT2D eigenvalue weighted by Gasteiger charge is 2.06. The van der Waals surface area contributed by atoms with Gasteiger partial charge in [-0.1, -0.05) is 16.8 Å². The molecule has 0 aliphatic heterocycles. The third-order valence-corrected chi connectivity index (χ3v) is 2.26. The van der Waals surface area contributed by atoms with E-state index in [2.05, 4.69) is 15.6 Å². The van der Waals surface area contributed by atoms with Crippen LogP contribution in [0.25, 0.3) is 0 Å². The summed E-state index contributed by atoms with van der Waals surface area (Å²) in [6.07, 6.45) is 3.49. The summed E-state index contributed by atoms with van der Waals surface area (Å²) < 4.78 is 6.44. The predicted octanol–water partition coefficient (Wildman–Crippen LogP) is 1.86. The second kappa shape index (κ2) is 5.01. The van der Waals surface area contributed by atoms with Gasteiger partial charge in [-0.25, -0.2) is 0 Å². The Morgan fingerprint density at radius 2 is 2.47 bits per heavy atom. The Labute approximate surface area is 103 Å². The normalized spacial score (nSPS) is 10.5. The number of aryl methyl sites for hydroxylation is 2. The molecule has 2 aromatic heterocycles. The molecule has 2 heterocycles. The molecule has 17 heavy (non-hydrogen) atoms. The maximum absolute atomic E-state index is 11.5. The van der Waals surface area contributed by atoms with Gasteiger partial charge in [-0.3, -0.25) is 9.48 Å². The van der Waals surface area contributed by atoms with E-state index in [1.807, 2.05) is 0 Å². The van der Waals surface area contributed by atoms with Gasteiger partial charge >= 0.3 is 0 Å². The molecule has 90 valence electrons. The molecule has 1 N–H and O–H groups in total. The van der Waals surface area contributed by atoms with Crippen LogP contribution < -0.4 is 5.32 Å². The number of anilines is 1. The number of amides is 1. The SMILES string of the molecule is Cc1cc(NC(=O)CCn2cc(Cl)cn2)no1. The Morgan fingerprint density at radius 1 is 1.65 bits per heavy atom. The first-order valence-electron chi connectivity index (χ1n) is 5.04. The molecule has 0 aliphatic rings. The van der Waals surface area contributed by atoms with Crippen LogP contribution >= 0.6 is 11.6 Å². The summed E-state index contributed by atoms with van der Waals surface area (Å²) in [5, 5.41) is 10.8. The summed E-state index contributed by atoms with van der Waals surface area (Å²) in [6.45, 7) is 2.23. The van der Waals surface area contributed by atoms with Crippen LogP contribution in [0, 0.1) is 6.92 Å². The molecule has 2 aromatic rings. The summed E-state index contributed by atoms with van der Waals surface area (Å²) in [7, 11) is 0. The summed E-state index contributed by atoms with van der Waals surface area (Å²) in [4.78, 5) is 11.5. The fraction of sp³-hybridized carbons (Fsp3) is 0.300. The summed E-state index contributed by atoms with van der Waals surface area (Å²) in [6, 6.07) is 1.66. The van der Waals surface area contributed by atoms with E-state index in [9.17, 15) is 4.79 Å². The van der Waals surface area contributed by atoms with Gasteiger partial charge in [0.15, 0.2) is 5.82 Å². The lowest BCUT2D eigenvalue weighted by molar-refractivity contribution is -0.116. The molecular formula is C10H11ClN4O2. The molecule has 0 radical (unpaired) electrons. The third-order valence-electron chi connectivity index (χ3n) is 2.07. The fourth-order valence-electron chi connectivity index (χ4n) is 1.31. The first-order valence-corrected chi connectivity index (χ1v) is 5.42. The van der Waals surface area contributed by atoms with Crippen molar-refractivity contribution < 1.29 is 9.32 Å². The van der Waals surface area contributed by atoms with Gasteiger partial charge in [-0.05, 0) is 6.92 Å². The minimum atomic E-state index is -0.148. The Morgan fingerprint density at radius 3 is 3.06 bits per heavy atom. The van der Waals surface area contributed by atoms with Crippen molar-refractivity contribution in [2.45, 2.75) is 19.9 Å². The fourth-order valence-corrected chi connectivity index (χ4v) is 1.46. The average Bonchev–Trinajstić information content (AvgIpc) is 2.85. The summed E-state index contributed by atoms with van der Waals surface area (Å²) >= 11 is 5.70. The average molecular weight is 255 g/mol. The quantitative estimate of drug-likeness (QED) is 0.904. The van der Waals surface area contributed by atoms with Crippen LogP contribution in [0.2, 0.25) is 5.02 Å². The Kier molecular flexibility index (Phi) is 3.43. The number of carbonyl (C=O) groups excluding carboxylic acids is 1. The highest BCUT2D eigenvalue weighted by molar-refractivity contribution is 6.30. The molecule has 0 spiro atoms. The Bertz CT molecular complexity index is 520. The van der Waals surface area contributed by atoms with E-state index in [-0.39, 0.29) is 5.91 Å². The number of aromatic nitrogens is 3. The topological polar surface area (TPSA) is 73.0 Å². The molecule has 0 saturated heterocycles. The van der Waals surface area contributed by atoms with Crippen LogP contribution in [0.4, 0.5) is 5.82 Å². The number of nitrogens with zero attached hydrogens (tertiary/aromatic N) is 3. The summed E-state index contributed by atoms with van der Waals surface area (Å²) in [5.41, 5.74) is 0. The molecule has 0 saturated carbocycles. The van der Waals surface area contributed by atoms with Gasteiger partial charge in [0.1, 0.15) is 5.76 Å². The maximum Gasteiger partial charge on any atom is 0.227 e. The van der Waals surface area contributed by atoms with E-state index in [0.717, 1.165) is 0 Å². The number of hydrogen-bond acceptors (Lipinski definition) is 4. The minimum absolute atomic E-state index is 0.148. The van der Waals surface area contributed by atoms with Crippen molar-refractivity contribution in [3.8, 4) is 0 Å². The standard InChI is InChI=1S/C10H11ClN4O2/c1-7-4-9(14-17-7)13-10(16)2-3-15-6-8(11)5-12-15/h4-6H,2-3H2,1H3,(H,13,14,16). The molecule has 0 atom stereocenters. The van der Waals surface area contributed by atoms with E-state index in [1.54, 1.807) is 23.9 Å². The van der Waals surface area contributed by atoms with Gasteiger partial charge in [0, 0.05) is 25.2 Å². The lowest BCUT2D eigenvalue weighted by Crippen LogP contribution is -2.14. The zero-order valence-electron chi connectivity index (χ0n) is 9.18. The number of carbonyl (C=O) groups is 1. The molecule has 2 rings (SSSR count). The van der Waals surface area contributed by atoms with Crippen molar-refractivity contribution in [2.75, 3.05) is 5.32 Å². The number of halogens is 1. The van der Waals surface area contributed by atoms with E-state index >= 15 is 0 Å². The van der Waals surface area contributed by atoms with Gasteiger partial charge < -0.3 is 9.84 Å². The van der Waals surface area contributed by atoms with Crippen LogP contribution in [0.5, 0.6) is 0 Å². The minimum Gasteiger partial charge on any atom is -0.360 e. The highest BCUT2D eigenvalue weighted by Crippen LogP contribution is 2.08. The zero-order valence-corrected chi connectivity index (χ0v) is 9.94. The molecule has 0 fully saturated rings. The molecule has 0 bridgehead atoms.